The molecule has 138 valence electrons. The number of fused-ring (bicyclic) bond motifs is 1. The van der Waals surface area contributed by atoms with Gasteiger partial charge in [-0.25, -0.2) is 9.78 Å². The number of carbonyl (C=O) groups is 1. The Kier molecular flexibility index (Phi) is 4.66. The number of carboxylic acids is 1. The summed E-state index contributed by atoms with van der Waals surface area (Å²) in [4.78, 5) is 16.3. The van der Waals surface area contributed by atoms with Crippen LogP contribution in [0.3, 0.4) is 0 Å². The average molecular weight is 409 g/mol. The van der Waals surface area contributed by atoms with Gasteiger partial charge in [0, 0.05) is 11.1 Å². The van der Waals surface area contributed by atoms with Crippen molar-refractivity contribution >= 4 is 48.3 Å². The van der Waals surface area contributed by atoms with Crippen LogP contribution >= 0.6 is 22.9 Å². The summed E-state index contributed by atoms with van der Waals surface area (Å²) in [7, 11) is -2.16. The first-order chi connectivity index (χ1) is 12.0. The van der Waals surface area contributed by atoms with E-state index in [1.165, 1.54) is 11.3 Å². The molecule has 2 heterocycles. The first-order valence-corrected chi connectivity index (χ1v) is 12.3. The Labute approximate surface area is 162 Å². The van der Waals surface area contributed by atoms with E-state index in [0.717, 1.165) is 16.0 Å². The van der Waals surface area contributed by atoms with Crippen LogP contribution in [0.2, 0.25) is 23.2 Å². The van der Waals surface area contributed by atoms with Crippen LogP contribution < -0.4 is 4.43 Å². The van der Waals surface area contributed by atoms with E-state index in [9.17, 15) is 9.90 Å². The highest BCUT2D eigenvalue weighted by molar-refractivity contribution is 7.16. The highest BCUT2D eigenvalue weighted by Gasteiger charge is 2.40. The molecule has 3 rings (SSSR count). The van der Waals surface area contributed by atoms with Crippen LogP contribution in [0.25, 0.3) is 16.0 Å². The number of nitrogens with zero attached hydrogens (tertiary/aromatic N) is 2. The van der Waals surface area contributed by atoms with E-state index in [4.69, 9.17) is 16.0 Å². The Morgan fingerprint density at radius 3 is 2.62 bits per heavy atom. The number of thiophene rings is 1. The highest BCUT2D eigenvalue weighted by Crippen LogP contribution is 2.41. The van der Waals surface area contributed by atoms with Crippen molar-refractivity contribution in [3.63, 3.8) is 0 Å². The fraction of sp³-hybridized carbons (Fsp3) is 0.333. The topological polar surface area (TPSA) is 64.4 Å². The summed E-state index contributed by atoms with van der Waals surface area (Å²) in [6, 6.07) is 7.23. The molecular formula is C18H21ClN2O3SSi. The number of hydrogen-bond acceptors (Lipinski definition) is 4. The molecule has 0 aliphatic rings. The fourth-order valence-corrected chi connectivity index (χ4v) is 4.45. The molecule has 0 amide bonds. The van der Waals surface area contributed by atoms with Crippen molar-refractivity contribution < 1.29 is 14.3 Å². The third-order valence-corrected chi connectivity index (χ3v) is 10.5. The lowest BCUT2D eigenvalue weighted by Crippen LogP contribution is -2.44. The van der Waals surface area contributed by atoms with Gasteiger partial charge in [0.1, 0.15) is 17.1 Å². The van der Waals surface area contributed by atoms with Gasteiger partial charge in [0.05, 0.1) is 11.0 Å². The minimum absolute atomic E-state index is 0.0277. The Bertz CT molecular complexity index is 988. The van der Waals surface area contributed by atoms with Crippen molar-refractivity contribution in [1.29, 1.82) is 0 Å². The zero-order valence-corrected chi connectivity index (χ0v) is 17.9. The summed E-state index contributed by atoms with van der Waals surface area (Å²) in [6.07, 6.45) is 1.68. The zero-order valence-electron chi connectivity index (χ0n) is 15.3. The molecule has 0 bridgehead atoms. The van der Waals surface area contributed by atoms with Gasteiger partial charge in [-0.05, 0) is 36.3 Å². The summed E-state index contributed by atoms with van der Waals surface area (Å²) in [5.74, 6) is -0.564. The van der Waals surface area contributed by atoms with Gasteiger partial charge in [0.15, 0.2) is 4.88 Å². The summed E-state index contributed by atoms with van der Waals surface area (Å²) in [6.45, 7) is 10.6. The van der Waals surface area contributed by atoms with E-state index >= 15 is 0 Å². The maximum atomic E-state index is 11.8. The van der Waals surface area contributed by atoms with Crippen LogP contribution in [0.4, 0.5) is 0 Å². The van der Waals surface area contributed by atoms with Crippen molar-refractivity contribution in [2.75, 3.05) is 0 Å². The van der Waals surface area contributed by atoms with Crippen molar-refractivity contribution in [2.45, 2.75) is 38.9 Å². The number of rotatable bonds is 4. The molecule has 0 saturated heterocycles. The van der Waals surface area contributed by atoms with Crippen molar-refractivity contribution in [1.82, 2.24) is 9.55 Å². The van der Waals surface area contributed by atoms with Crippen molar-refractivity contribution in [2.24, 2.45) is 0 Å². The molecule has 2 aromatic heterocycles. The molecule has 3 aromatic rings. The quantitative estimate of drug-likeness (QED) is 0.552. The molecule has 26 heavy (non-hydrogen) atoms. The predicted molar refractivity (Wildman–Crippen MR) is 109 cm³/mol. The third kappa shape index (κ3) is 3.38. The first-order valence-electron chi connectivity index (χ1n) is 8.19. The normalized spacial score (nSPS) is 12.5. The van der Waals surface area contributed by atoms with E-state index in [0.29, 0.717) is 10.8 Å². The van der Waals surface area contributed by atoms with Crippen LogP contribution in [-0.2, 0) is 0 Å². The second-order valence-electron chi connectivity index (χ2n) is 7.69. The van der Waals surface area contributed by atoms with Crippen LogP contribution in [0, 0.1) is 0 Å². The van der Waals surface area contributed by atoms with Gasteiger partial charge in [-0.15, -0.1) is 11.3 Å². The molecule has 0 saturated carbocycles. The average Bonchev–Trinajstić information content (AvgIpc) is 3.09. The van der Waals surface area contributed by atoms with Gasteiger partial charge < -0.3 is 9.53 Å². The lowest BCUT2D eigenvalue weighted by Gasteiger charge is -2.36. The van der Waals surface area contributed by atoms with E-state index < -0.39 is 14.3 Å². The van der Waals surface area contributed by atoms with Gasteiger partial charge in [-0.2, -0.15) is 0 Å². The highest BCUT2D eigenvalue weighted by atomic mass is 35.5. The maximum absolute atomic E-state index is 11.8. The van der Waals surface area contributed by atoms with Gasteiger partial charge in [-0.3, -0.25) is 4.57 Å². The largest absolute Gasteiger partial charge is 0.542 e. The van der Waals surface area contributed by atoms with Crippen molar-refractivity contribution in [3.05, 3.63) is 40.5 Å². The Balaban J connectivity index is 2.10. The Morgan fingerprint density at radius 1 is 1.31 bits per heavy atom. The van der Waals surface area contributed by atoms with E-state index in [2.05, 4.69) is 38.8 Å². The smallest absolute Gasteiger partial charge is 0.349 e. The minimum atomic E-state index is -2.16. The molecular weight excluding hydrogens is 388 g/mol. The van der Waals surface area contributed by atoms with E-state index in [-0.39, 0.29) is 9.92 Å². The number of benzene rings is 1. The molecule has 0 atom stereocenters. The van der Waals surface area contributed by atoms with Gasteiger partial charge >= 0.3 is 5.97 Å². The SMILES string of the molecule is CC(C)(C)[Si](C)(C)Oc1cc(-n2cnc3ccc(Cl)cc32)sc1C(=O)O. The predicted octanol–water partition coefficient (Wildman–Crippen LogP) is 5.82. The number of hydrogen-bond donors (Lipinski definition) is 1. The molecule has 0 radical (unpaired) electrons. The number of halogens is 1. The second kappa shape index (κ2) is 6.40. The van der Waals surface area contributed by atoms with Gasteiger partial charge in [0.25, 0.3) is 8.32 Å². The van der Waals surface area contributed by atoms with Crippen LogP contribution in [-0.4, -0.2) is 28.9 Å². The number of imidazole rings is 1. The molecule has 0 aliphatic heterocycles. The monoisotopic (exact) mass is 408 g/mol. The molecule has 1 N–H and O–H groups in total. The zero-order chi connectivity index (χ0) is 19.3. The standard InChI is InChI=1S/C18H21ClN2O3SSi/c1-18(2,3)26(4,5)24-14-9-15(25-16(14)17(22)23)21-10-20-12-7-6-11(19)8-13(12)21/h6-10H,1-5H3,(H,22,23). The lowest BCUT2D eigenvalue weighted by molar-refractivity contribution is 0.0700. The number of aromatic nitrogens is 2. The molecule has 5 nitrogen and oxygen atoms in total. The minimum Gasteiger partial charge on any atom is -0.542 e. The number of aromatic carboxylic acids is 1. The molecule has 0 unspecified atom stereocenters. The van der Waals surface area contributed by atoms with Crippen LogP contribution in [0.1, 0.15) is 30.4 Å². The number of carboxylic acid groups (broad SMARTS) is 1. The summed E-state index contributed by atoms with van der Waals surface area (Å²) >= 11 is 7.28. The molecule has 0 spiro atoms. The third-order valence-electron chi connectivity index (χ3n) is 4.80. The fourth-order valence-electron chi connectivity index (χ4n) is 2.29. The van der Waals surface area contributed by atoms with Crippen LogP contribution in [0.15, 0.2) is 30.6 Å². The Hall–Kier alpha value is -1.83. The summed E-state index contributed by atoms with van der Waals surface area (Å²) < 4.78 is 8.13. The maximum Gasteiger partial charge on any atom is 0.349 e. The summed E-state index contributed by atoms with van der Waals surface area (Å²) in [5, 5.41) is 10.9. The molecule has 1 aromatic carbocycles. The lowest BCUT2D eigenvalue weighted by atomic mass is 10.2. The second-order valence-corrected chi connectivity index (χ2v) is 13.9. The van der Waals surface area contributed by atoms with Crippen LogP contribution in [0.5, 0.6) is 5.75 Å². The van der Waals surface area contributed by atoms with Crippen molar-refractivity contribution in [3.8, 4) is 10.8 Å². The Morgan fingerprint density at radius 2 is 2.00 bits per heavy atom. The molecule has 0 aliphatic carbocycles. The molecule has 8 heteroatoms. The van der Waals surface area contributed by atoms with E-state index in [1.54, 1.807) is 18.5 Å². The van der Waals surface area contributed by atoms with E-state index in [1.807, 2.05) is 16.7 Å². The van der Waals surface area contributed by atoms with Gasteiger partial charge in [-0.1, -0.05) is 32.4 Å². The summed E-state index contributed by atoms with van der Waals surface area (Å²) in [5.41, 5.74) is 1.63. The van der Waals surface area contributed by atoms with Gasteiger partial charge in [0.2, 0.25) is 0 Å². The molecule has 0 fully saturated rings. The first kappa shape index (κ1) is 18.9.